The summed E-state index contributed by atoms with van der Waals surface area (Å²) in [7, 11) is -3.41. The molecule has 2 heterocycles. The Morgan fingerprint density at radius 3 is 2.43 bits per heavy atom. The van der Waals surface area contributed by atoms with E-state index in [0.29, 0.717) is 38.4 Å². The maximum atomic E-state index is 12.6. The van der Waals surface area contributed by atoms with E-state index < -0.39 is 10.0 Å². The number of hydrogen-bond donors (Lipinski definition) is 1. The van der Waals surface area contributed by atoms with E-state index in [1.165, 1.54) is 21.7 Å². The molecule has 0 atom stereocenters. The van der Waals surface area contributed by atoms with Crippen LogP contribution in [0, 0.1) is 0 Å². The minimum absolute atomic E-state index is 0. The van der Waals surface area contributed by atoms with Gasteiger partial charge in [-0.15, -0.1) is 24.0 Å². The Morgan fingerprint density at radius 1 is 1.13 bits per heavy atom. The molecule has 1 fully saturated rings. The monoisotopic (exact) mass is 547 g/mol. The number of piperazine rings is 1. The van der Waals surface area contributed by atoms with Crippen molar-refractivity contribution in [2.75, 3.05) is 32.7 Å². The van der Waals surface area contributed by atoms with Crippen LogP contribution in [0.25, 0.3) is 0 Å². The van der Waals surface area contributed by atoms with Gasteiger partial charge in [-0.2, -0.15) is 4.31 Å². The van der Waals surface area contributed by atoms with Gasteiger partial charge in [0.1, 0.15) is 12.0 Å². The van der Waals surface area contributed by atoms with Gasteiger partial charge in [-0.05, 0) is 24.5 Å². The molecule has 1 aliphatic rings. The lowest BCUT2D eigenvalue weighted by Crippen LogP contribution is -2.53. The summed E-state index contributed by atoms with van der Waals surface area (Å²) in [6, 6.07) is 9.92. The molecule has 10 heteroatoms. The highest BCUT2D eigenvalue weighted by atomic mass is 127. The second-order valence-corrected chi connectivity index (χ2v) is 8.89. The zero-order valence-corrected chi connectivity index (χ0v) is 20.6. The Morgan fingerprint density at radius 2 is 1.83 bits per heavy atom. The summed E-state index contributed by atoms with van der Waals surface area (Å²) in [6.07, 6.45) is 2.36. The van der Waals surface area contributed by atoms with Crippen LogP contribution in [0.2, 0.25) is 0 Å². The molecule has 1 N–H and O–H groups in total. The number of sulfonamides is 1. The molecule has 1 aromatic carbocycles. The molecule has 30 heavy (non-hydrogen) atoms. The summed E-state index contributed by atoms with van der Waals surface area (Å²) < 4.78 is 31.5. The lowest BCUT2D eigenvalue weighted by atomic mass is 10.1. The third-order valence-electron chi connectivity index (χ3n) is 4.99. The molecule has 1 saturated heterocycles. The first kappa shape index (κ1) is 24.6. The molecule has 0 radical (unpaired) electrons. The number of halogens is 1. The summed E-state index contributed by atoms with van der Waals surface area (Å²) in [4.78, 5) is 6.93. The zero-order chi connectivity index (χ0) is 20.7. The molecule has 1 aromatic heterocycles. The molecule has 0 unspecified atom stereocenters. The molecule has 1 aliphatic heterocycles. The predicted molar refractivity (Wildman–Crippen MR) is 128 cm³/mol. The number of aryl methyl sites for hydroxylation is 1. The molecule has 2 aromatic rings. The van der Waals surface area contributed by atoms with Crippen LogP contribution in [0.4, 0.5) is 0 Å². The Bertz CT molecular complexity index is 910. The van der Waals surface area contributed by atoms with Gasteiger partial charge in [0, 0.05) is 38.8 Å². The van der Waals surface area contributed by atoms with Gasteiger partial charge < -0.3 is 14.7 Å². The van der Waals surface area contributed by atoms with Gasteiger partial charge in [0.15, 0.2) is 5.96 Å². The number of benzene rings is 1. The average Bonchev–Trinajstić information content (AvgIpc) is 3.23. The second-order valence-electron chi connectivity index (χ2n) is 6.93. The summed E-state index contributed by atoms with van der Waals surface area (Å²) in [5.74, 6) is 0.692. The van der Waals surface area contributed by atoms with Crippen molar-refractivity contribution >= 4 is 40.0 Å². The highest BCUT2D eigenvalue weighted by Crippen LogP contribution is 2.14. The molecular formula is C20H30IN5O3S. The fourth-order valence-corrected chi connectivity index (χ4v) is 4.84. The first-order valence-electron chi connectivity index (χ1n) is 10.0. The molecule has 166 valence electrons. The third kappa shape index (κ3) is 6.42. The maximum absolute atomic E-state index is 12.6. The number of aliphatic imine (C=N–C) groups is 1. The highest BCUT2D eigenvalue weighted by molar-refractivity contribution is 14.0. The van der Waals surface area contributed by atoms with Gasteiger partial charge in [-0.25, -0.2) is 13.4 Å². The predicted octanol–water partition coefficient (Wildman–Crippen LogP) is 2.47. The normalized spacial score (nSPS) is 15.7. The lowest BCUT2D eigenvalue weighted by molar-refractivity contribution is 0.259. The van der Waals surface area contributed by atoms with Crippen molar-refractivity contribution in [3.8, 4) is 0 Å². The van der Waals surface area contributed by atoms with Crippen molar-refractivity contribution in [3.63, 3.8) is 0 Å². The van der Waals surface area contributed by atoms with E-state index in [0.717, 1.165) is 18.9 Å². The summed E-state index contributed by atoms with van der Waals surface area (Å²) in [5, 5.41) is 7.05. The molecule has 0 bridgehead atoms. The quantitative estimate of drug-likeness (QED) is 0.326. The van der Waals surface area contributed by atoms with Gasteiger partial charge in [0.25, 0.3) is 0 Å². The molecule has 0 amide bonds. The summed E-state index contributed by atoms with van der Waals surface area (Å²) in [5.41, 5.74) is 2.95. The van der Waals surface area contributed by atoms with E-state index in [1.54, 1.807) is 6.07 Å². The topological polar surface area (TPSA) is 91.0 Å². The first-order chi connectivity index (χ1) is 14.0. The Kier molecular flexibility index (Phi) is 9.56. The Balaban J connectivity index is 0.00000320. The third-order valence-corrected chi connectivity index (χ3v) is 6.80. The fraction of sp³-hybridized carbons (Fsp3) is 0.500. The van der Waals surface area contributed by atoms with E-state index in [1.807, 2.05) is 13.0 Å². The minimum atomic E-state index is -3.41. The number of nitrogens with one attached hydrogen (secondary N) is 1. The smallest absolute Gasteiger partial charge is 0.220 e. The number of rotatable bonds is 7. The van der Waals surface area contributed by atoms with Crippen LogP contribution < -0.4 is 5.32 Å². The highest BCUT2D eigenvalue weighted by Gasteiger charge is 2.29. The van der Waals surface area contributed by atoms with Crippen molar-refractivity contribution in [1.29, 1.82) is 0 Å². The number of aromatic nitrogens is 1. The van der Waals surface area contributed by atoms with Crippen molar-refractivity contribution in [2.24, 2.45) is 4.99 Å². The fourth-order valence-electron chi connectivity index (χ4n) is 3.41. The van der Waals surface area contributed by atoms with E-state index in [2.05, 4.69) is 40.5 Å². The zero-order valence-electron chi connectivity index (χ0n) is 17.5. The van der Waals surface area contributed by atoms with Crippen LogP contribution in [0.3, 0.4) is 0 Å². The molecule has 3 rings (SSSR count). The minimum Gasteiger partial charge on any atom is -0.364 e. The summed E-state index contributed by atoms with van der Waals surface area (Å²) in [6.45, 7) is 7.60. The van der Waals surface area contributed by atoms with Gasteiger partial charge in [-0.3, -0.25) is 0 Å². The maximum Gasteiger partial charge on any atom is 0.220 e. The van der Waals surface area contributed by atoms with Gasteiger partial charge in [0.05, 0.1) is 12.2 Å². The van der Waals surface area contributed by atoms with Crippen molar-refractivity contribution < 1.29 is 12.9 Å². The van der Waals surface area contributed by atoms with Crippen LogP contribution >= 0.6 is 24.0 Å². The number of nitrogens with zero attached hydrogens (tertiary/aromatic N) is 4. The van der Waals surface area contributed by atoms with Crippen molar-refractivity contribution in [3.05, 3.63) is 53.4 Å². The van der Waals surface area contributed by atoms with Crippen LogP contribution in [0.15, 0.2) is 46.1 Å². The van der Waals surface area contributed by atoms with Crippen LogP contribution in [-0.2, 0) is 28.7 Å². The van der Waals surface area contributed by atoms with E-state index in [4.69, 9.17) is 9.52 Å². The van der Waals surface area contributed by atoms with Crippen LogP contribution in [0.5, 0.6) is 0 Å². The second kappa shape index (κ2) is 11.7. The van der Waals surface area contributed by atoms with Gasteiger partial charge >= 0.3 is 0 Å². The van der Waals surface area contributed by atoms with Crippen LogP contribution in [0.1, 0.15) is 30.7 Å². The standard InChI is InChI=1S/C20H29N5O3S.HI/c1-3-17-7-5-6-8-18(17)15-22-20(21-4-2)24-10-12-25(13-11-24)29(26,27)16-19-9-14-28-23-19;/h5-9,14H,3-4,10-13,15-16H2,1-2H3,(H,21,22);1H. The molecule has 0 aliphatic carbocycles. The molecule has 0 saturated carbocycles. The largest absolute Gasteiger partial charge is 0.364 e. The lowest BCUT2D eigenvalue weighted by Gasteiger charge is -2.35. The molecule has 0 spiro atoms. The van der Waals surface area contributed by atoms with Crippen LogP contribution in [-0.4, -0.2) is 61.5 Å². The van der Waals surface area contributed by atoms with E-state index >= 15 is 0 Å². The molecule has 8 nitrogen and oxygen atoms in total. The number of hydrogen-bond acceptors (Lipinski definition) is 5. The Labute approximate surface area is 195 Å². The van der Waals surface area contributed by atoms with Gasteiger partial charge in [0.2, 0.25) is 10.0 Å². The average molecular weight is 547 g/mol. The van der Waals surface area contributed by atoms with Crippen molar-refractivity contribution in [2.45, 2.75) is 32.6 Å². The Hall–Kier alpha value is -1.66. The number of guanidine groups is 1. The van der Waals surface area contributed by atoms with Crippen molar-refractivity contribution in [1.82, 2.24) is 19.7 Å². The SMILES string of the molecule is CCNC(=NCc1ccccc1CC)N1CCN(S(=O)(=O)Cc2ccon2)CC1.I. The summed E-state index contributed by atoms with van der Waals surface area (Å²) >= 11 is 0. The van der Waals surface area contributed by atoms with Gasteiger partial charge in [-0.1, -0.05) is 36.3 Å². The van der Waals surface area contributed by atoms with E-state index in [-0.39, 0.29) is 29.7 Å². The molecular weight excluding hydrogens is 517 g/mol. The van der Waals surface area contributed by atoms with E-state index in [9.17, 15) is 8.42 Å². The first-order valence-corrected chi connectivity index (χ1v) is 11.6.